The van der Waals surface area contributed by atoms with Crippen LogP contribution in [0.4, 0.5) is 0 Å². The Morgan fingerprint density at radius 3 is 2.58 bits per heavy atom. The Kier molecular flexibility index (Phi) is 5.04. The Morgan fingerprint density at radius 2 is 1.89 bits per heavy atom. The van der Waals surface area contributed by atoms with E-state index in [0.717, 1.165) is 19.4 Å². The van der Waals surface area contributed by atoms with E-state index in [4.69, 9.17) is 0 Å². The fourth-order valence-electron chi connectivity index (χ4n) is 2.33. The molecule has 0 saturated carbocycles. The summed E-state index contributed by atoms with van der Waals surface area (Å²) in [7, 11) is 0. The minimum atomic E-state index is 0.267. The molecule has 0 saturated heterocycles. The van der Waals surface area contributed by atoms with Crippen LogP contribution in [0.5, 0.6) is 0 Å². The van der Waals surface area contributed by atoms with Crippen molar-refractivity contribution in [2.45, 2.75) is 32.7 Å². The molecule has 19 heavy (non-hydrogen) atoms. The van der Waals surface area contributed by atoms with Gasteiger partial charge in [-0.25, -0.2) is 0 Å². The minimum absolute atomic E-state index is 0.267. The molecule has 1 N–H and O–H groups in total. The van der Waals surface area contributed by atoms with Crippen LogP contribution in [0.2, 0.25) is 0 Å². The summed E-state index contributed by atoms with van der Waals surface area (Å²) in [5, 5.41) is 3.54. The highest BCUT2D eigenvalue weighted by molar-refractivity contribution is 5.25. The van der Waals surface area contributed by atoms with Crippen LogP contribution >= 0.6 is 0 Å². The van der Waals surface area contributed by atoms with Gasteiger partial charge in [-0.2, -0.15) is 0 Å². The normalized spacial score (nSPS) is 12.3. The summed E-state index contributed by atoms with van der Waals surface area (Å²) in [6, 6.07) is 8.58. The molecule has 3 heteroatoms. The van der Waals surface area contributed by atoms with E-state index in [2.05, 4.69) is 47.3 Å². The number of aryl methyl sites for hydroxylation is 1. The highest BCUT2D eigenvalue weighted by atomic mass is 14.9. The molecule has 1 unspecified atom stereocenters. The number of likely N-dealkylation sites (N-methyl/N-ethyl adjacent to an activating group) is 1. The summed E-state index contributed by atoms with van der Waals surface area (Å²) < 4.78 is 0. The smallest absolute Gasteiger partial charge is 0.0608 e. The van der Waals surface area contributed by atoms with Crippen molar-refractivity contribution in [3.8, 4) is 0 Å². The maximum Gasteiger partial charge on any atom is 0.0608 e. The number of rotatable bonds is 6. The van der Waals surface area contributed by atoms with Gasteiger partial charge in [0.15, 0.2) is 0 Å². The van der Waals surface area contributed by atoms with Gasteiger partial charge in [-0.3, -0.25) is 9.97 Å². The molecule has 0 spiro atoms. The average Bonchev–Trinajstić information content (AvgIpc) is 2.48. The zero-order valence-electron chi connectivity index (χ0n) is 11.6. The molecule has 2 heterocycles. The van der Waals surface area contributed by atoms with Crippen molar-refractivity contribution in [1.29, 1.82) is 0 Å². The fourth-order valence-corrected chi connectivity index (χ4v) is 2.33. The van der Waals surface area contributed by atoms with Crippen molar-refractivity contribution in [2.75, 3.05) is 6.54 Å². The number of pyridine rings is 2. The van der Waals surface area contributed by atoms with E-state index in [0.29, 0.717) is 0 Å². The molecule has 0 aliphatic carbocycles. The number of aromatic nitrogens is 2. The van der Waals surface area contributed by atoms with Crippen molar-refractivity contribution in [3.63, 3.8) is 0 Å². The standard InChI is InChI=1S/C16H21N3/c1-3-14-6-5-9-19-16(14)15(18-4-2)12-13-7-10-17-11-8-13/h5-11,15,18H,3-4,12H2,1-2H3. The molecule has 0 aromatic carbocycles. The summed E-state index contributed by atoms with van der Waals surface area (Å²) in [6.45, 7) is 5.25. The third-order valence-corrected chi connectivity index (χ3v) is 3.28. The number of nitrogens with one attached hydrogen (secondary N) is 1. The second-order valence-electron chi connectivity index (χ2n) is 4.57. The number of hydrogen-bond acceptors (Lipinski definition) is 3. The van der Waals surface area contributed by atoms with Crippen LogP contribution < -0.4 is 5.32 Å². The SMILES string of the molecule is CCNC(Cc1ccncc1)c1ncccc1CC. The highest BCUT2D eigenvalue weighted by Crippen LogP contribution is 2.20. The van der Waals surface area contributed by atoms with Crippen LogP contribution in [-0.2, 0) is 12.8 Å². The predicted octanol–water partition coefficient (Wildman–Crippen LogP) is 2.93. The van der Waals surface area contributed by atoms with Crippen LogP contribution in [-0.4, -0.2) is 16.5 Å². The summed E-state index contributed by atoms with van der Waals surface area (Å²) in [6.07, 6.45) is 7.53. The first-order valence-corrected chi connectivity index (χ1v) is 6.91. The van der Waals surface area contributed by atoms with E-state index >= 15 is 0 Å². The molecule has 0 radical (unpaired) electrons. The van der Waals surface area contributed by atoms with Gasteiger partial charge in [-0.15, -0.1) is 0 Å². The van der Waals surface area contributed by atoms with Crippen molar-refractivity contribution in [2.24, 2.45) is 0 Å². The molecular formula is C16H21N3. The van der Waals surface area contributed by atoms with E-state index in [1.807, 2.05) is 24.7 Å². The lowest BCUT2D eigenvalue weighted by Crippen LogP contribution is -2.25. The maximum atomic E-state index is 4.59. The summed E-state index contributed by atoms with van der Waals surface area (Å²) in [5.74, 6) is 0. The lowest BCUT2D eigenvalue weighted by Gasteiger charge is -2.20. The number of nitrogens with zero attached hydrogens (tertiary/aromatic N) is 2. The molecule has 0 amide bonds. The Balaban J connectivity index is 2.24. The van der Waals surface area contributed by atoms with Crippen LogP contribution in [0.25, 0.3) is 0 Å². The van der Waals surface area contributed by atoms with Gasteiger partial charge < -0.3 is 5.32 Å². The zero-order valence-corrected chi connectivity index (χ0v) is 11.6. The van der Waals surface area contributed by atoms with E-state index in [1.54, 1.807) is 0 Å². The quantitative estimate of drug-likeness (QED) is 0.862. The Labute approximate surface area is 115 Å². The predicted molar refractivity (Wildman–Crippen MR) is 78.0 cm³/mol. The summed E-state index contributed by atoms with van der Waals surface area (Å²) in [4.78, 5) is 8.66. The van der Waals surface area contributed by atoms with Gasteiger partial charge in [0.2, 0.25) is 0 Å². The van der Waals surface area contributed by atoms with Crippen molar-refractivity contribution in [1.82, 2.24) is 15.3 Å². The van der Waals surface area contributed by atoms with Gasteiger partial charge in [0.05, 0.1) is 11.7 Å². The topological polar surface area (TPSA) is 37.8 Å². The highest BCUT2D eigenvalue weighted by Gasteiger charge is 2.15. The lowest BCUT2D eigenvalue weighted by molar-refractivity contribution is 0.532. The molecule has 2 rings (SSSR count). The molecule has 0 aliphatic heterocycles. The number of hydrogen-bond donors (Lipinski definition) is 1. The van der Waals surface area contributed by atoms with Gasteiger partial charge >= 0.3 is 0 Å². The van der Waals surface area contributed by atoms with Gasteiger partial charge in [0, 0.05) is 18.6 Å². The van der Waals surface area contributed by atoms with Gasteiger partial charge in [-0.1, -0.05) is 19.9 Å². The van der Waals surface area contributed by atoms with E-state index < -0.39 is 0 Å². The Hall–Kier alpha value is -1.74. The second-order valence-corrected chi connectivity index (χ2v) is 4.57. The van der Waals surface area contributed by atoms with E-state index in [1.165, 1.54) is 16.8 Å². The van der Waals surface area contributed by atoms with Gasteiger partial charge in [-0.05, 0) is 48.7 Å². The largest absolute Gasteiger partial charge is 0.309 e. The van der Waals surface area contributed by atoms with Gasteiger partial charge in [0.25, 0.3) is 0 Å². The first kappa shape index (κ1) is 13.7. The molecular weight excluding hydrogens is 234 g/mol. The van der Waals surface area contributed by atoms with Gasteiger partial charge in [0.1, 0.15) is 0 Å². The zero-order chi connectivity index (χ0) is 13.5. The second kappa shape index (κ2) is 7.00. The van der Waals surface area contributed by atoms with Crippen LogP contribution in [0.15, 0.2) is 42.9 Å². The molecule has 2 aromatic heterocycles. The molecule has 1 atom stereocenters. The molecule has 0 aliphatic rings. The monoisotopic (exact) mass is 255 g/mol. The third kappa shape index (κ3) is 3.61. The Bertz CT molecular complexity index is 496. The average molecular weight is 255 g/mol. The van der Waals surface area contributed by atoms with E-state index in [-0.39, 0.29) is 6.04 Å². The molecule has 3 nitrogen and oxygen atoms in total. The van der Waals surface area contributed by atoms with E-state index in [9.17, 15) is 0 Å². The maximum absolute atomic E-state index is 4.59. The summed E-state index contributed by atoms with van der Waals surface area (Å²) >= 11 is 0. The minimum Gasteiger partial charge on any atom is -0.309 e. The molecule has 0 fully saturated rings. The van der Waals surface area contributed by atoms with Crippen molar-refractivity contribution >= 4 is 0 Å². The van der Waals surface area contributed by atoms with Crippen LogP contribution in [0.3, 0.4) is 0 Å². The Morgan fingerprint density at radius 1 is 1.11 bits per heavy atom. The molecule has 0 bridgehead atoms. The first-order valence-electron chi connectivity index (χ1n) is 6.91. The summed E-state index contributed by atoms with van der Waals surface area (Å²) in [5.41, 5.74) is 3.78. The molecule has 2 aromatic rings. The third-order valence-electron chi connectivity index (χ3n) is 3.28. The first-order chi connectivity index (χ1) is 9.35. The van der Waals surface area contributed by atoms with Crippen molar-refractivity contribution < 1.29 is 0 Å². The van der Waals surface area contributed by atoms with Crippen LogP contribution in [0.1, 0.15) is 36.7 Å². The fraction of sp³-hybridized carbons (Fsp3) is 0.375. The lowest BCUT2D eigenvalue weighted by atomic mass is 9.99. The van der Waals surface area contributed by atoms with Crippen molar-refractivity contribution in [3.05, 3.63) is 59.7 Å². The van der Waals surface area contributed by atoms with Crippen LogP contribution in [0, 0.1) is 0 Å². The molecule has 100 valence electrons.